The zero-order valence-electron chi connectivity index (χ0n) is 13.4. The Morgan fingerprint density at radius 3 is 2.86 bits per heavy atom. The summed E-state index contributed by atoms with van der Waals surface area (Å²) in [6.45, 7) is 7.58. The van der Waals surface area contributed by atoms with E-state index in [0.29, 0.717) is 12.1 Å². The van der Waals surface area contributed by atoms with E-state index in [1.165, 1.54) is 24.8 Å². The van der Waals surface area contributed by atoms with Gasteiger partial charge in [0.1, 0.15) is 5.75 Å². The lowest BCUT2D eigenvalue weighted by molar-refractivity contribution is 0.112. The van der Waals surface area contributed by atoms with Crippen molar-refractivity contribution in [1.82, 2.24) is 10.2 Å². The van der Waals surface area contributed by atoms with Gasteiger partial charge in [-0.15, -0.1) is 0 Å². The molecule has 0 spiro atoms. The van der Waals surface area contributed by atoms with E-state index >= 15 is 0 Å². The molecule has 3 nitrogen and oxygen atoms in total. The van der Waals surface area contributed by atoms with Crippen LogP contribution in [-0.2, 0) is 6.54 Å². The minimum absolute atomic E-state index is 0.586. The topological polar surface area (TPSA) is 24.5 Å². The lowest BCUT2D eigenvalue weighted by Crippen LogP contribution is -2.55. The van der Waals surface area contributed by atoms with E-state index in [-0.39, 0.29) is 0 Å². The average Bonchev–Trinajstić information content (AvgIpc) is 2.49. The molecule has 0 amide bonds. The van der Waals surface area contributed by atoms with Gasteiger partial charge in [-0.25, -0.2) is 0 Å². The Morgan fingerprint density at radius 1 is 1.38 bits per heavy atom. The summed E-state index contributed by atoms with van der Waals surface area (Å²) in [4.78, 5) is 2.59. The molecule has 21 heavy (non-hydrogen) atoms. The van der Waals surface area contributed by atoms with Crippen molar-refractivity contribution in [2.75, 3.05) is 20.2 Å². The summed E-state index contributed by atoms with van der Waals surface area (Å²) < 4.78 is 5.49. The Balaban J connectivity index is 2.15. The molecule has 1 aromatic carbocycles. The zero-order chi connectivity index (χ0) is 15.2. The number of piperazine rings is 1. The maximum atomic E-state index is 6.16. The Bertz CT molecular complexity index is 452. The van der Waals surface area contributed by atoms with Crippen LogP contribution in [0, 0.1) is 0 Å². The largest absolute Gasteiger partial charge is 0.496 e. The Morgan fingerprint density at radius 2 is 2.19 bits per heavy atom. The number of rotatable bonds is 6. The van der Waals surface area contributed by atoms with Crippen LogP contribution in [0.4, 0.5) is 0 Å². The molecule has 0 radical (unpaired) electrons. The predicted octanol–water partition coefficient (Wildman–Crippen LogP) is 3.70. The second-order valence-corrected chi connectivity index (χ2v) is 6.28. The van der Waals surface area contributed by atoms with E-state index in [9.17, 15) is 0 Å². The quantitative estimate of drug-likeness (QED) is 0.867. The first-order valence-electron chi connectivity index (χ1n) is 7.97. The van der Waals surface area contributed by atoms with E-state index in [0.717, 1.165) is 30.4 Å². The molecule has 4 heteroatoms. The standard InChI is InChI=1S/C17H27ClN2O/c1-4-6-16-10-19-15(5-2)12-20(16)11-13-9-14(18)7-8-17(13)21-3/h7-9,15-16,19H,4-6,10-12H2,1-3H3. The Kier molecular flexibility index (Phi) is 6.34. The van der Waals surface area contributed by atoms with Gasteiger partial charge in [0.25, 0.3) is 0 Å². The second kappa shape index (κ2) is 8.02. The molecule has 0 aromatic heterocycles. The maximum absolute atomic E-state index is 6.16. The highest BCUT2D eigenvalue weighted by atomic mass is 35.5. The van der Waals surface area contributed by atoms with Gasteiger partial charge in [0.05, 0.1) is 7.11 Å². The van der Waals surface area contributed by atoms with Crippen LogP contribution in [0.2, 0.25) is 5.02 Å². The molecular formula is C17H27ClN2O. The highest BCUT2D eigenvalue weighted by Crippen LogP contribution is 2.26. The van der Waals surface area contributed by atoms with Gasteiger partial charge in [0, 0.05) is 42.3 Å². The van der Waals surface area contributed by atoms with E-state index < -0.39 is 0 Å². The summed E-state index contributed by atoms with van der Waals surface area (Å²) in [6.07, 6.45) is 3.61. The predicted molar refractivity (Wildman–Crippen MR) is 89.2 cm³/mol. The Hall–Kier alpha value is -0.770. The molecule has 2 atom stereocenters. The number of nitrogens with one attached hydrogen (secondary N) is 1. The van der Waals surface area contributed by atoms with Gasteiger partial charge >= 0.3 is 0 Å². The van der Waals surface area contributed by atoms with Crippen LogP contribution in [0.25, 0.3) is 0 Å². The Labute approximate surface area is 133 Å². The molecule has 0 saturated carbocycles. The van der Waals surface area contributed by atoms with Crippen molar-refractivity contribution in [3.8, 4) is 5.75 Å². The molecule has 1 saturated heterocycles. The molecule has 1 aromatic rings. The second-order valence-electron chi connectivity index (χ2n) is 5.84. The van der Waals surface area contributed by atoms with Gasteiger partial charge in [-0.1, -0.05) is 31.9 Å². The van der Waals surface area contributed by atoms with Gasteiger partial charge in [-0.3, -0.25) is 4.90 Å². The van der Waals surface area contributed by atoms with Crippen LogP contribution in [0.3, 0.4) is 0 Å². The van der Waals surface area contributed by atoms with Crippen molar-refractivity contribution in [2.24, 2.45) is 0 Å². The number of benzene rings is 1. The normalized spacial score (nSPS) is 23.2. The summed E-state index contributed by atoms with van der Waals surface area (Å²) >= 11 is 6.16. The first-order valence-corrected chi connectivity index (χ1v) is 8.35. The van der Waals surface area contributed by atoms with Crippen molar-refractivity contribution in [3.63, 3.8) is 0 Å². The summed E-state index contributed by atoms with van der Waals surface area (Å²) in [7, 11) is 1.73. The molecule has 118 valence electrons. The first kappa shape index (κ1) is 16.6. The molecule has 2 rings (SSSR count). The van der Waals surface area contributed by atoms with Gasteiger partial charge in [0.2, 0.25) is 0 Å². The third-order valence-electron chi connectivity index (χ3n) is 4.34. The highest BCUT2D eigenvalue weighted by Gasteiger charge is 2.27. The highest BCUT2D eigenvalue weighted by molar-refractivity contribution is 6.30. The van der Waals surface area contributed by atoms with Crippen molar-refractivity contribution in [1.29, 1.82) is 0 Å². The van der Waals surface area contributed by atoms with Crippen LogP contribution in [0.15, 0.2) is 18.2 Å². The minimum Gasteiger partial charge on any atom is -0.496 e. The van der Waals surface area contributed by atoms with Crippen LogP contribution in [-0.4, -0.2) is 37.2 Å². The number of methoxy groups -OCH3 is 1. The maximum Gasteiger partial charge on any atom is 0.123 e. The van der Waals surface area contributed by atoms with E-state index in [1.807, 2.05) is 18.2 Å². The lowest BCUT2D eigenvalue weighted by atomic mass is 10.0. The van der Waals surface area contributed by atoms with Crippen LogP contribution in [0.1, 0.15) is 38.7 Å². The molecule has 0 aliphatic carbocycles. The van der Waals surface area contributed by atoms with E-state index in [1.54, 1.807) is 7.11 Å². The van der Waals surface area contributed by atoms with Crippen molar-refractivity contribution in [3.05, 3.63) is 28.8 Å². The van der Waals surface area contributed by atoms with Gasteiger partial charge < -0.3 is 10.1 Å². The summed E-state index contributed by atoms with van der Waals surface area (Å²) in [5.74, 6) is 0.932. The van der Waals surface area contributed by atoms with Gasteiger partial charge in [-0.2, -0.15) is 0 Å². The van der Waals surface area contributed by atoms with Gasteiger partial charge in [0.15, 0.2) is 0 Å². The van der Waals surface area contributed by atoms with Crippen molar-refractivity contribution >= 4 is 11.6 Å². The van der Waals surface area contributed by atoms with Crippen LogP contribution >= 0.6 is 11.6 Å². The molecule has 1 aliphatic heterocycles. The molecular weight excluding hydrogens is 284 g/mol. The number of hydrogen-bond donors (Lipinski definition) is 1. The zero-order valence-corrected chi connectivity index (χ0v) is 14.1. The third kappa shape index (κ3) is 4.35. The van der Waals surface area contributed by atoms with Crippen molar-refractivity contribution < 1.29 is 4.74 Å². The lowest BCUT2D eigenvalue weighted by Gasteiger charge is -2.40. The first-order chi connectivity index (χ1) is 10.2. The molecule has 1 fully saturated rings. The fourth-order valence-electron chi connectivity index (χ4n) is 3.10. The monoisotopic (exact) mass is 310 g/mol. The molecule has 0 bridgehead atoms. The third-order valence-corrected chi connectivity index (χ3v) is 4.58. The van der Waals surface area contributed by atoms with E-state index in [2.05, 4.69) is 24.1 Å². The molecule has 1 aliphatic rings. The van der Waals surface area contributed by atoms with Gasteiger partial charge in [-0.05, 0) is 31.0 Å². The average molecular weight is 311 g/mol. The van der Waals surface area contributed by atoms with Crippen LogP contribution in [0.5, 0.6) is 5.75 Å². The van der Waals surface area contributed by atoms with Crippen LogP contribution < -0.4 is 10.1 Å². The SMILES string of the molecule is CCCC1CNC(CC)CN1Cc1cc(Cl)ccc1OC. The number of halogens is 1. The number of hydrogen-bond acceptors (Lipinski definition) is 3. The number of nitrogens with zero attached hydrogens (tertiary/aromatic N) is 1. The summed E-state index contributed by atoms with van der Waals surface area (Å²) in [6, 6.07) is 7.07. The fourth-order valence-corrected chi connectivity index (χ4v) is 3.30. The fraction of sp³-hybridized carbons (Fsp3) is 0.647. The molecule has 1 heterocycles. The summed E-state index contributed by atoms with van der Waals surface area (Å²) in [5, 5.41) is 4.44. The number of ether oxygens (including phenoxy) is 1. The summed E-state index contributed by atoms with van der Waals surface area (Å²) in [5.41, 5.74) is 1.18. The van der Waals surface area contributed by atoms with E-state index in [4.69, 9.17) is 16.3 Å². The smallest absolute Gasteiger partial charge is 0.123 e. The molecule has 2 unspecified atom stereocenters. The minimum atomic E-state index is 0.586. The molecule has 1 N–H and O–H groups in total. The van der Waals surface area contributed by atoms with Crippen molar-refractivity contribution in [2.45, 2.75) is 51.7 Å².